The minimum Gasteiger partial charge on any atom is -0.282 e. The van der Waals surface area contributed by atoms with E-state index < -0.39 is 0 Å². The molecule has 19 heavy (non-hydrogen) atoms. The van der Waals surface area contributed by atoms with Gasteiger partial charge < -0.3 is 0 Å². The second-order valence-corrected chi connectivity index (χ2v) is 5.01. The van der Waals surface area contributed by atoms with Gasteiger partial charge >= 0.3 is 0 Å². The minimum absolute atomic E-state index is 0.00241. The van der Waals surface area contributed by atoms with Gasteiger partial charge in [0, 0.05) is 19.0 Å². The van der Waals surface area contributed by atoms with Crippen molar-refractivity contribution in [2.45, 2.75) is 18.5 Å². The van der Waals surface area contributed by atoms with Gasteiger partial charge in [-0.1, -0.05) is 60.7 Å². The van der Waals surface area contributed by atoms with E-state index in [-0.39, 0.29) is 6.04 Å². The zero-order valence-corrected chi connectivity index (χ0v) is 10.7. The fourth-order valence-electron chi connectivity index (χ4n) is 2.72. The quantitative estimate of drug-likeness (QED) is 0.834. The third-order valence-electron chi connectivity index (χ3n) is 3.79. The Bertz CT molecular complexity index is 571. The highest BCUT2D eigenvalue weighted by atomic mass is 15.2. The van der Waals surface area contributed by atoms with Crippen LogP contribution in [0.3, 0.4) is 0 Å². The standard InChI is InChI=1S/C17H16N2/c18-11-17-16(15-9-5-2-6-10-15)13-19(17)12-14-7-3-1-4-8-14/h1-10,16-17H,12-13H2. The van der Waals surface area contributed by atoms with Gasteiger partial charge in [-0.2, -0.15) is 5.26 Å². The van der Waals surface area contributed by atoms with Crippen molar-refractivity contribution in [2.75, 3.05) is 6.54 Å². The summed E-state index contributed by atoms with van der Waals surface area (Å²) in [5.74, 6) is 0.356. The van der Waals surface area contributed by atoms with Crippen molar-refractivity contribution < 1.29 is 0 Å². The molecule has 0 N–H and O–H groups in total. The maximum atomic E-state index is 9.37. The second kappa shape index (κ2) is 5.26. The van der Waals surface area contributed by atoms with Crippen molar-refractivity contribution >= 4 is 0 Å². The second-order valence-electron chi connectivity index (χ2n) is 5.01. The molecule has 0 aromatic heterocycles. The molecule has 0 amide bonds. The first kappa shape index (κ1) is 12.0. The Morgan fingerprint density at radius 3 is 2.26 bits per heavy atom. The third kappa shape index (κ3) is 2.38. The van der Waals surface area contributed by atoms with Gasteiger partial charge in [-0.3, -0.25) is 4.90 Å². The molecule has 94 valence electrons. The van der Waals surface area contributed by atoms with Gasteiger partial charge in [-0.05, 0) is 11.1 Å². The van der Waals surface area contributed by atoms with Crippen LogP contribution in [0.4, 0.5) is 0 Å². The van der Waals surface area contributed by atoms with E-state index in [0.717, 1.165) is 13.1 Å². The average molecular weight is 248 g/mol. The van der Waals surface area contributed by atoms with E-state index in [9.17, 15) is 5.26 Å². The van der Waals surface area contributed by atoms with Crippen LogP contribution in [0.15, 0.2) is 60.7 Å². The summed E-state index contributed by atoms with van der Waals surface area (Å²) in [5.41, 5.74) is 2.55. The van der Waals surface area contributed by atoms with Gasteiger partial charge in [0.2, 0.25) is 0 Å². The SMILES string of the molecule is N#CC1C(c2ccccc2)CN1Cc1ccccc1. The lowest BCUT2D eigenvalue weighted by Gasteiger charge is -2.44. The van der Waals surface area contributed by atoms with Crippen LogP contribution in [0.5, 0.6) is 0 Å². The topological polar surface area (TPSA) is 27.0 Å². The molecular weight excluding hydrogens is 232 g/mol. The highest BCUT2D eigenvalue weighted by molar-refractivity contribution is 5.29. The van der Waals surface area contributed by atoms with Gasteiger partial charge in [0.25, 0.3) is 0 Å². The van der Waals surface area contributed by atoms with Gasteiger partial charge in [0.1, 0.15) is 6.04 Å². The highest BCUT2D eigenvalue weighted by Crippen LogP contribution is 2.34. The maximum absolute atomic E-state index is 9.37. The number of benzene rings is 2. The Labute approximate surface area is 113 Å². The van der Waals surface area contributed by atoms with Crippen molar-refractivity contribution in [2.24, 2.45) is 0 Å². The molecule has 0 saturated carbocycles. The monoisotopic (exact) mass is 248 g/mol. The molecule has 1 saturated heterocycles. The number of hydrogen-bond acceptors (Lipinski definition) is 2. The van der Waals surface area contributed by atoms with E-state index in [2.05, 4.69) is 35.2 Å². The van der Waals surface area contributed by atoms with E-state index in [4.69, 9.17) is 0 Å². The largest absolute Gasteiger partial charge is 0.282 e. The Kier molecular flexibility index (Phi) is 3.31. The molecule has 1 heterocycles. The molecule has 1 fully saturated rings. The Balaban J connectivity index is 1.70. The molecule has 2 atom stereocenters. The summed E-state index contributed by atoms with van der Waals surface area (Å²) in [4.78, 5) is 2.24. The zero-order chi connectivity index (χ0) is 13.1. The molecule has 2 aromatic rings. The van der Waals surface area contributed by atoms with E-state index in [1.165, 1.54) is 11.1 Å². The van der Waals surface area contributed by atoms with Gasteiger partial charge in [-0.25, -0.2) is 0 Å². The van der Waals surface area contributed by atoms with Gasteiger partial charge in [0.15, 0.2) is 0 Å². The van der Waals surface area contributed by atoms with Crippen molar-refractivity contribution in [3.63, 3.8) is 0 Å². The molecule has 0 aliphatic carbocycles. The Morgan fingerprint density at radius 1 is 1.00 bits per heavy atom. The molecule has 0 spiro atoms. The van der Waals surface area contributed by atoms with Crippen LogP contribution < -0.4 is 0 Å². The summed E-state index contributed by atoms with van der Waals surface area (Å²) in [6.45, 7) is 1.83. The molecule has 1 aliphatic heterocycles. The normalized spacial score (nSPS) is 22.5. The van der Waals surface area contributed by atoms with Gasteiger partial charge in [-0.15, -0.1) is 0 Å². The fourth-order valence-corrected chi connectivity index (χ4v) is 2.72. The van der Waals surface area contributed by atoms with E-state index in [1.807, 2.05) is 36.4 Å². The summed E-state index contributed by atoms with van der Waals surface area (Å²) in [6.07, 6.45) is 0. The Morgan fingerprint density at radius 2 is 1.63 bits per heavy atom. The lowest BCUT2D eigenvalue weighted by atomic mass is 9.83. The summed E-state index contributed by atoms with van der Waals surface area (Å²) in [7, 11) is 0. The van der Waals surface area contributed by atoms with Crippen molar-refractivity contribution in [3.8, 4) is 6.07 Å². The van der Waals surface area contributed by atoms with Crippen LogP contribution in [0.2, 0.25) is 0 Å². The summed E-state index contributed by atoms with van der Waals surface area (Å²) < 4.78 is 0. The zero-order valence-electron chi connectivity index (χ0n) is 10.7. The third-order valence-corrected chi connectivity index (χ3v) is 3.79. The van der Waals surface area contributed by atoms with Crippen LogP contribution in [0, 0.1) is 11.3 Å². The summed E-state index contributed by atoms with van der Waals surface area (Å²) in [5, 5.41) is 9.37. The molecule has 2 aromatic carbocycles. The first-order chi connectivity index (χ1) is 9.38. The van der Waals surface area contributed by atoms with Crippen LogP contribution in [0.1, 0.15) is 17.0 Å². The van der Waals surface area contributed by atoms with Gasteiger partial charge in [0.05, 0.1) is 6.07 Å². The lowest BCUT2D eigenvalue weighted by molar-refractivity contribution is 0.0894. The molecule has 3 rings (SSSR count). The average Bonchev–Trinajstić information content (AvgIpc) is 2.45. The number of nitrogens with zero attached hydrogens (tertiary/aromatic N) is 2. The summed E-state index contributed by atoms with van der Waals surface area (Å²) >= 11 is 0. The Hall–Kier alpha value is -2.11. The van der Waals surface area contributed by atoms with E-state index in [1.54, 1.807) is 0 Å². The summed E-state index contributed by atoms with van der Waals surface area (Å²) in [6, 6.07) is 23.1. The number of rotatable bonds is 3. The van der Waals surface area contributed by atoms with Crippen LogP contribution in [0.25, 0.3) is 0 Å². The predicted molar refractivity (Wildman–Crippen MR) is 75.4 cm³/mol. The molecule has 2 unspecified atom stereocenters. The fraction of sp³-hybridized carbons (Fsp3) is 0.235. The predicted octanol–water partition coefficient (Wildman–Crippen LogP) is 3.18. The van der Waals surface area contributed by atoms with Crippen LogP contribution in [-0.2, 0) is 6.54 Å². The van der Waals surface area contributed by atoms with Crippen LogP contribution >= 0.6 is 0 Å². The molecule has 1 aliphatic rings. The first-order valence-electron chi connectivity index (χ1n) is 6.61. The van der Waals surface area contributed by atoms with Crippen LogP contribution in [-0.4, -0.2) is 17.5 Å². The minimum atomic E-state index is 0.00241. The van der Waals surface area contributed by atoms with E-state index in [0.29, 0.717) is 5.92 Å². The van der Waals surface area contributed by atoms with E-state index >= 15 is 0 Å². The van der Waals surface area contributed by atoms with Crippen molar-refractivity contribution in [3.05, 3.63) is 71.8 Å². The number of hydrogen-bond donors (Lipinski definition) is 0. The van der Waals surface area contributed by atoms with Crippen molar-refractivity contribution in [1.29, 1.82) is 5.26 Å². The number of nitriles is 1. The highest BCUT2D eigenvalue weighted by Gasteiger charge is 2.39. The first-order valence-corrected chi connectivity index (χ1v) is 6.61. The molecule has 2 heteroatoms. The molecule has 2 nitrogen and oxygen atoms in total. The maximum Gasteiger partial charge on any atom is 0.106 e. The molecular formula is C17H16N2. The smallest absolute Gasteiger partial charge is 0.106 e. The number of likely N-dealkylation sites (tertiary alicyclic amines) is 1. The molecule has 0 radical (unpaired) electrons. The molecule has 0 bridgehead atoms. The lowest BCUT2D eigenvalue weighted by Crippen LogP contribution is -2.53. The van der Waals surface area contributed by atoms with Crippen molar-refractivity contribution in [1.82, 2.24) is 4.90 Å².